The fourth-order valence-electron chi connectivity index (χ4n) is 2.70. The summed E-state index contributed by atoms with van der Waals surface area (Å²) in [7, 11) is 0. The normalized spacial score (nSPS) is 21.8. The van der Waals surface area contributed by atoms with E-state index in [4.69, 9.17) is 10.8 Å². The molecule has 1 heterocycles. The Morgan fingerprint density at radius 2 is 1.83 bits per heavy atom. The Morgan fingerprint density at radius 3 is 2.50 bits per heavy atom. The number of aliphatic hydroxyl groups excluding tert-OH is 1. The third kappa shape index (κ3) is 3.55. The zero-order chi connectivity index (χ0) is 12.8. The second-order valence-electron chi connectivity index (χ2n) is 5.18. The van der Waals surface area contributed by atoms with Crippen molar-refractivity contribution in [2.45, 2.75) is 44.9 Å². The van der Waals surface area contributed by atoms with E-state index in [0.717, 1.165) is 25.2 Å². The molecule has 1 aliphatic heterocycles. The Morgan fingerprint density at radius 1 is 1.11 bits per heavy atom. The van der Waals surface area contributed by atoms with Crippen LogP contribution < -0.4 is 5.73 Å². The van der Waals surface area contributed by atoms with Crippen molar-refractivity contribution in [3.05, 3.63) is 35.4 Å². The summed E-state index contributed by atoms with van der Waals surface area (Å²) in [5, 5.41) is 9.04. The molecule has 1 aromatic rings. The van der Waals surface area contributed by atoms with Crippen molar-refractivity contribution in [2.75, 3.05) is 13.1 Å². The molecule has 18 heavy (non-hydrogen) atoms. The first kappa shape index (κ1) is 13.5. The van der Waals surface area contributed by atoms with Crippen molar-refractivity contribution < 1.29 is 5.11 Å². The number of rotatable bonds is 4. The van der Waals surface area contributed by atoms with Crippen LogP contribution in [0.3, 0.4) is 0 Å². The molecule has 1 aromatic carbocycles. The van der Waals surface area contributed by atoms with Gasteiger partial charge >= 0.3 is 0 Å². The number of aliphatic hydroxyl groups is 1. The summed E-state index contributed by atoms with van der Waals surface area (Å²) in [5.41, 5.74) is 8.18. The lowest BCUT2D eigenvalue weighted by Gasteiger charge is -2.29. The topological polar surface area (TPSA) is 49.5 Å². The highest BCUT2D eigenvalue weighted by Crippen LogP contribution is 2.18. The summed E-state index contributed by atoms with van der Waals surface area (Å²) < 4.78 is 0. The van der Waals surface area contributed by atoms with E-state index in [1.165, 1.54) is 31.2 Å². The van der Waals surface area contributed by atoms with E-state index in [0.29, 0.717) is 6.04 Å². The van der Waals surface area contributed by atoms with Crippen molar-refractivity contribution in [1.29, 1.82) is 0 Å². The van der Waals surface area contributed by atoms with Crippen LogP contribution in [0.1, 0.15) is 36.8 Å². The summed E-state index contributed by atoms with van der Waals surface area (Å²) in [5.74, 6) is 0. The van der Waals surface area contributed by atoms with Gasteiger partial charge in [-0.25, -0.2) is 0 Å². The molecular weight excluding hydrogens is 224 g/mol. The first-order valence-corrected chi connectivity index (χ1v) is 6.96. The van der Waals surface area contributed by atoms with Gasteiger partial charge in [-0.2, -0.15) is 0 Å². The molecule has 100 valence electrons. The average Bonchev–Trinajstić information content (AvgIpc) is 2.64. The number of nitrogens with zero attached hydrogens (tertiary/aromatic N) is 1. The molecule has 0 radical (unpaired) electrons. The summed E-state index contributed by atoms with van der Waals surface area (Å²) in [6, 6.07) is 8.77. The molecule has 0 aliphatic carbocycles. The second-order valence-corrected chi connectivity index (χ2v) is 5.18. The van der Waals surface area contributed by atoms with Gasteiger partial charge in [0.15, 0.2) is 0 Å². The van der Waals surface area contributed by atoms with Gasteiger partial charge in [0.05, 0.1) is 6.61 Å². The van der Waals surface area contributed by atoms with Crippen molar-refractivity contribution in [2.24, 2.45) is 5.73 Å². The van der Waals surface area contributed by atoms with Crippen molar-refractivity contribution >= 4 is 0 Å². The number of benzene rings is 1. The summed E-state index contributed by atoms with van der Waals surface area (Å²) in [6.45, 7) is 3.02. The quantitative estimate of drug-likeness (QED) is 0.855. The standard InChI is InChI=1S/C15H24N2O/c16-10-15-4-2-1-3-9-17(15)11-13-5-7-14(12-18)8-6-13/h5-8,15,18H,1-4,9-12,16H2. The van der Waals surface area contributed by atoms with Crippen LogP contribution in [0.4, 0.5) is 0 Å². The van der Waals surface area contributed by atoms with Gasteiger partial charge in [0.1, 0.15) is 0 Å². The van der Waals surface area contributed by atoms with E-state index < -0.39 is 0 Å². The van der Waals surface area contributed by atoms with E-state index in [1.807, 2.05) is 12.1 Å². The fraction of sp³-hybridized carbons (Fsp3) is 0.600. The number of nitrogens with two attached hydrogens (primary N) is 1. The Labute approximate surface area is 110 Å². The molecule has 1 fully saturated rings. The average molecular weight is 248 g/mol. The van der Waals surface area contributed by atoms with E-state index in [1.54, 1.807) is 0 Å². The van der Waals surface area contributed by atoms with Crippen LogP contribution in [-0.4, -0.2) is 29.1 Å². The molecule has 3 N–H and O–H groups in total. The van der Waals surface area contributed by atoms with E-state index in [2.05, 4.69) is 17.0 Å². The monoisotopic (exact) mass is 248 g/mol. The highest BCUT2D eigenvalue weighted by Gasteiger charge is 2.19. The van der Waals surface area contributed by atoms with E-state index in [9.17, 15) is 0 Å². The Hall–Kier alpha value is -0.900. The van der Waals surface area contributed by atoms with Crippen molar-refractivity contribution in [1.82, 2.24) is 4.90 Å². The molecule has 0 amide bonds. The van der Waals surface area contributed by atoms with Gasteiger partial charge < -0.3 is 10.8 Å². The first-order valence-electron chi connectivity index (χ1n) is 6.96. The van der Waals surface area contributed by atoms with Crippen molar-refractivity contribution in [3.63, 3.8) is 0 Å². The molecular formula is C15H24N2O. The van der Waals surface area contributed by atoms with Crippen molar-refractivity contribution in [3.8, 4) is 0 Å². The third-order valence-electron chi connectivity index (χ3n) is 3.86. The molecule has 1 atom stereocenters. The molecule has 1 aliphatic rings. The maximum absolute atomic E-state index is 9.04. The van der Waals surface area contributed by atoms with Crippen LogP contribution in [0.15, 0.2) is 24.3 Å². The molecule has 0 aromatic heterocycles. The maximum atomic E-state index is 9.04. The van der Waals surface area contributed by atoms with Gasteiger partial charge in [0.25, 0.3) is 0 Å². The summed E-state index contributed by atoms with van der Waals surface area (Å²) in [6.07, 6.45) is 5.15. The first-order chi connectivity index (χ1) is 8.83. The maximum Gasteiger partial charge on any atom is 0.0681 e. The SMILES string of the molecule is NCC1CCCCCN1Cc1ccc(CO)cc1. The predicted octanol–water partition coefficient (Wildman–Crippen LogP) is 1.88. The van der Waals surface area contributed by atoms with Gasteiger partial charge in [-0.05, 0) is 30.5 Å². The van der Waals surface area contributed by atoms with Crippen LogP contribution in [0.2, 0.25) is 0 Å². The van der Waals surface area contributed by atoms with Gasteiger partial charge in [-0.15, -0.1) is 0 Å². The summed E-state index contributed by atoms with van der Waals surface area (Å²) >= 11 is 0. The van der Waals surface area contributed by atoms with E-state index in [-0.39, 0.29) is 6.61 Å². The predicted molar refractivity (Wildman–Crippen MR) is 74.1 cm³/mol. The van der Waals surface area contributed by atoms with Crippen LogP contribution in [0.5, 0.6) is 0 Å². The van der Waals surface area contributed by atoms with Crippen LogP contribution in [0.25, 0.3) is 0 Å². The second kappa shape index (κ2) is 6.88. The molecule has 0 saturated carbocycles. The minimum Gasteiger partial charge on any atom is -0.392 e. The number of hydrogen-bond donors (Lipinski definition) is 2. The Balaban J connectivity index is 2.00. The summed E-state index contributed by atoms with van der Waals surface area (Å²) in [4.78, 5) is 2.51. The third-order valence-corrected chi connectivity index (χ3v) is 3.86. The van der Waals surface area contributed by atoms with Gasteiger partial charge in [-0.3, -0.25) is 4.90 Å². The molecule has 0 bridgehead atoms. The molecule has 1 unspecified atom stereocenters. The molecule has 3 heteroatoms. The number of likely N-dealkylation sites (tertiary alicyclic amines) is 1. The highest BCUT2D eigenvalue weighted by molar-refractivity contribution is 5.22. The Bertz CT molecular complexity index is 350. The minimum absolute atomic E-state index is 0.120. The minimum atomic E-state index is 0.120. The van der Waals surface area contributed by atoms with Gasteiger partial charge in [-0.1, -0.05) is 37.1 Å². The van der Waals surface area contributed by atoms with E-state index >= 15 is 0 Å². The van der Waals surface area contributed by atoms with Crippen LogP contribution >= 0.6 is 0 Å². The van der Waals surface area contributed by atoms with Crippen LogP contribution in [0, 0.1) is 0 Å². The van der Waals surface area contributed by atoms with Gasteiger partial charge in [0.2, 0.25) is 0 Å². The van der Waals surface area contributed by atoms with Gasteiger partial charge in [0, 0.05) is 19.1 Å². The van der Waals surface area contributed by atoms with Crippen LogP contribution in [-0.2, 0) is 13.2 Å². The molecule has 1 saturated heterocycles. The zero-order valence-electron chi connectivity index (χ0n) is 11.0. The number of hydrogen-bond acceptors (Lipinski definition) is 3. The highest BCUT2D eigenvalue weighted by atomic mass is 16.3. The molecule has 0 spiro atoms. The molecule has 3 nitrogen and oxygen atoms in total. The lowest BCUT2D eigenvalue weighted by atomic mass is 10.1. The lowest BCUT2D eigenvalue weighted by Crippen LogP contribution is -2.39. The molecule has 2 rings (SSSR count). The largest absolute Gasteiger partial charge is 0.392 e. The smallest absolute Gasteiger partial charge is 0.0681 e. The fourth-order valence-corrected chi connectivity index (χ4v) is 2.70. The lowest BCUT2D eigenvalue weighted by molar-refractivity contribution is 0.195. The zero-order valence-corrected chi connectivity index (χ0v) is 11.0. The Kier molecular flexibility index (Phi) is 5.17.